The number of thiophene rings is 1. The van der Waals surface area contributed by atoms with Crippen LogP contribution in [0.25, 0.3) is 10.1 Å². The Morgan fingerprint density at radius 1 is 1.48 bits per heavy atom. The fraction of sp³-hybridized carbons (Fsp3) is 0.286. The first-order chi connectivity index (χ1) is 10.1. The summed E-state index contributed by atoms with van der Waals surface area (Å²) in [7, 11) is 0. The lowest BCUT2D eigenvalue weighted by Crippen LogP contribution is -2.50. The molecule has 1 aliphatic rings. The van der Waals surface area contributed by atoms with Crippen molar-refractivity contribution in [2.24, 2.45) is 0 Å². The van der Waals surface area contributed by atoms with E-state index < -0.39 is 6.04 Å². The van der Waals surface area contributed by atoms with Crippen LogP contribution in [0.2, 0.25) is 5.02 Å². The smallest absolute Gasteiger partial charge is 0.264 e. The summed E-state index contributed by atoms with van der Waals surface area (Å²) in [6.07, 6.45) is 1.50. The molecule has 1 atom stereocenters. The molecule has 7 heteroatoms. The van der Waals surface area contributed by atoms with Crippen LogP contribution in [0, 0.1) is 0 Å². The number of amides is 2. The van der Waals surface area contributed by atoms with Crippen LogP contribution in [0.3, 0.4) is 0 Å². The molecule has 1 aromatic heterocycles. The first-order valence-electron chi connectivity index (χ1n) is 6.62. The second-order valence-electron chi connectivity index (χ2n) is 4.94. The van der Waals surface area contributed by atoms with Gasteiger partial charge >= 0.3 is 0 Å². The van der Waals surface area contributed by atoms with Crippen LogP contribution in [0.15, 0.2) is 18.2 Å². The molecule has 1 unspecified atom stereocenters. The molecule has 2 heterocycles. The Morgan fingerprint density at radius 2 is 2.29 bits per heavy atom. The second-order valence-corrected chi connectivity index (χ2v) is 6.43. The van der Waals surface area contributed by atoms with Gasteiger partial charge in [0.05, 0.1) is 5.69 Å². The Labute approximate surface area is 130 Å². The number of fused-ring (bicyclic) bond motifs is 1. The summed E-state index contributed by atoms with van der Waals surface area (Å²) >= 11 is 7.25. The highest BCUT2D eigenvalue weighted by Gasteiger charge is 2.26. The number of carbonyl (C=O) groups is 2. The summed E-state index contributed by atoms with van der Waals surface area (Å²) in [5.74, 6) is -0.454. The maximum atomic E-state index is 12.3. The first kappa shape index (κ1) is 14.2. The molecule has 1 fully saturated rings. The van der Waals surface area contributed by atoms with E-state index in [0.29, 0.717) is 28.6 Å². The van der Waals surface area contributed by atoms with Crippen molar-refractivity contribution in [2.45, 2.75) is 18.9 Å². The van der Waals surface area contributed by atoms with E-state index in [1.807, 2.05) is 6.07 Å². The van der Waals surface area contributed by atoms with Crippen molar-refractivity contribution in [3.63, 3.8) is 0 Å². The molecule has 4 N–H and O–H groups in total. The number of piperidine rings is 1. The summed E-state index contributed by atoms with van der Waals surface area (Å²) in [6, 6.07) is 4.85. The minimum absolute atomic E-state index is 0.141. The zero-order chi connectivity index (χ0) is 15.0. The molecule has 0 spiro atoms. The summed E-state index contributed by atoms with van der Waals surface area (Å²) in [5.41, 5.74) is 6.45. The predicted octanol–water partition coefficient (Wildman–Crippen LogP) is 2.15. The van der Waals surface area contributed by atoms with E-state index in [4.69, 9.17) is 17.3 Å². The molecule has 2 aromatic rings. The lowest BCUT2D eigenvalue weighted by Gasteiger charge is -2.22. The molecule has 0 radical (unpaired) electrons. The number of anilines is 1. The molecule has 0 bridgehead atoms. The lowest BCUT2D eigenvalue weighted by atomic mass is 10.1. The number of carbonyl (C=O) groups excluding carboxylic acids is 2. The van der Waals surface area contributed by atoms with E-state index in [1.54, 1.807) is 12.1 Å². The molecule has 0 saturated carbocycles. The van der Waals surface area contributed by atoms with Crippen LogP contribution in [-0.4, -0.2) is 24.4 Å². The van der Waals surface area contributed by atoms with Crippen molar-refractivity contribution in [3.05, 3.63) is 28.1 Å². The van der Waals surface area contributed by atoms with Gasteiger partial charge in [-0.3, -0.25) is 9.59 Å². The molecule has 21 heavy (non-hydrogen) atoms. The maximum absolute atomic E-state index is 12.3. The van der Waals surface area contributed by atoms with Gasteiger partial charge in [0.25, 0.3) is 5.91 Å². The van der Waals surface area contributed by atoms with Gasteiger partial charge in [-0.2, -0.15) is 0 Å². The third-order valence-corrected chi connectivity index (χ3v) is 4.91. The van der Waals surface area contributed by atoms with Crippen LogP contribution < -0.4 is 16.4 Å². The Hall–Kier alpha value is -1.79. The normalized spacial score (nSPS) is 18.5. The van der Waals surface area contributed by atoms with Crippen molar-refractivity contribution in [2.75, 3.05) is 12.3 Å². The summed E-state index contributed by atoms with van der Waals surface area (Å²) in [5, 5.41) is 6.83. The molecule has 1 saturated heterocycles. The molecule has 1 aromatic carbocycles. The average Bonchev–Trinajstić information content (AvgIpc) is 2.79. The number of hydrogen-bond acceptors (Lipinski definition) is 4. The van der Waals surface area contributed by atoms with Crippen LogP contribution >= 0.6 is 22.9 Å². The van der Waals surface area contributed by atoms with E-state index in [0.717, 1.165) is 16.5 Å². The monoisotopic (exact) mass is 323 g/mol. The predicted molar refractivity (Wildman–Crippen MR) is 84.7 cm³/mol. The average molecular weight is 324 g/mol. The number of benzene rings is 1. The molecule has 5 nitrogen and oxygen atoms in total. The number of nitrogens with one attached hydrogen (secondary N) is 2. The van der Waals surface area contributed by atoms with Gasteiger partial charge in [-0.15, -0.1) is 11.3 Å². The van der Waals surface area contributed by atoms with Crippen molar-refractivity contribution >= 4 is 50.5 Å². The number of hydrogen-bond donors (Lipinski definition) is 3. The second kappa shape index (κ2) is 5.54. The summed E-state index contributed by atoms with van der Waals surface area (Å²) < 4.78 is 0.898. The number of nitrogen functional groups attached to an aromatic ring is 1. The Bertz CT molecular complexity index is 728. The van der Waals surface area contributed by atoms with Gasteiger partial charge in [-0.05, 0) is 31.0 Å². The molecule has 3 rings (SSSR count). The van der Waals surface area contributed by atoms with E-state index in [-0.39, 0.29) is 11.8 Å². The van der Waals surface area contributed by atoms with Crippen LogP contribution in [0.1, 0.15) is 22.5 Å². The lowest BCUT2D eigenvalue weighted by molar-refractivity contribution is -0.124. The van der Waals surface area contributed by atoms with Crippen LogP contribution in [0.4, 0.5) is 5.69 Å². The topological polar surface area (TPSA) is 84.2 Å². The third kappa shape index (κ3) is 2.69. The maximum Gasteiger partial charge on any atom is 0.264 e. The van der Waals surface area contributed by atoms with Crippen molar-refractivity contribution in [1.82, 2.24) is 10.6 Å². The Kier molecular flexibility index (Phi) is 3.73. The largest absolute Gasteiger partial charge is 0.397 e. The van der Waals surface area contributed by atoms with Gasteiger partial charge < -0.3 is 16.4 Å². The molecule has 110 valence electrons. The zero-order valence-electron chi connectivity index (χ0n) is 11.1. The van der Waals surface area contributed by atoms with Crippen molar-refractivity contribution < 1.29 is 9.59 Å². The number of rotatable bonds is 2. The van der Waals surface area contributed by atoms with Gasteiger partial charge in [0.15, 0.2) is 0 Å². The van der Waals surface area contributed by atoms with Crippen LogP contribution in [-0.2, 0) is 4.79 Å². The van der Waals surface area contributed by atoms with Crippen molar-refractivity contribution in [3.8, 4) is 0 Å². The highest BCUT2D eigenvalue weighted by Crippen LogP contribution is 2.35. The standard InChI is InChI=1S/C14H14ClN3O2S/c15-7-3-4-10-8(6-7)11(16)12(21-10)14(20)18-9-2-1-5-17-13(9)19/h3-4,6,9H,1-2,5,16H2,(H,17,19)(H,18,20). The Balaban J connectivity index is 1.87. The summed E-state index contributed by atoms with van der Waals surface area (Å²) in [6.45, 7) is 0.661. The quantitative estimate of drug-likeness (QED) is 0.791. The van der Waals surface area contributed by atoms with Gasteiger partial charge in [0.1, 0.15) is 10.9 Å². The number of nitrogens with two attached hydrogens (primary N) is 1. The van der Waals surface area contributed by atoms with Crippen LogP contribution in [0.5, 0.6) is 0 Å². The van der Waals surface area contributed by atoms with E-state index in [9.17, 15) is 9.59 Å². The SMILES string of the molecule is Nc1c(C(=O)NC2CCCNC2=O)sc2ccc(Cl)cc12. The van der Waals surface area contributed by atoms with Gasteiger partial charge in [0.2, 0.25) is 5.91 Å². The number of halogens is 1. The highest BCUT2D eigenvalue weighted by molar-refractivity contribution is 7.21. The van der Waals surface area contributed by atoms with Gasteiger partial charge in [-0.1, -0.05) is 11.6 Å². The third-order valence-electron chi connectivity index (χ3n) is 3.49. The van der Waals surface area contributed by atoms with E-state index >= 15 is 0 Å². The van der Waals surface area contributed by atoms with Crippen molar-refractivity contribution in [1.29, 1.82) is 0 Å². The zero-order valence-corrected chi connectivity index (χ0v) is 12.7. The van der Waals surface area contributed by atoms with Gasteiger partial charge in [0, 0.05) is 21.7 Å². The Morgan fingerprint density at radius 3 is 3.05 bits per heavy atom. The fourth-order valence-electron chi connectivity index (χ4n) is 2.39. The minimum atomic E-state index is -0.487. The highest BCUT2D eigenvalue weighted by atomic mass is 35.5. The van der Waals surface area contributed by atoms with E-state index in [2.05, 4.69) is 10.6 Å². The van der Waals surface area contributed by atoms with E-state index in [1.165, 1.54) is 11.3 Å². The first-order valence-corrected chi connectivity index (χ1v) is 7.82. The molecule has 0 aliphatic carbocycles. The summed E-state index contributed by atoms with van der Waals surface area (Å²) in [4.78, 5) is 24.5. The minimum Gasteiger partial charge on any atom is -0.397 e. The molecule has 2 amide bonds. The molecule has 1 aliphatic heterocycles. The fourth-order valence-corrected chi connectivity index (χ4v) is 3.57. The molecular weight excluding hydrogens is 310 g/mol. The molecular formula is C14H14ClN3O2S. The van der Waals surface area contributed by atoms with Gasteiger partial charge in [-0.25, -0.2) is 0 Å².